The van der Waals surface area contributed by atoms with E-state index < -0.39 is 10.0 Å². The third-order valence-corrected chi connectivity index (χ3v) is 6.87. The zero-order chi connectivity index (χ0) is 15.0. The Morgan fingerprint density at radius 3 is 2.81 bits per heavy atom. The van der Waals surface area contributed by atoms with E-state index in [-0.39, 0.29) is 17.0 Å². The van der Waals surface area contributed by atoms with Gasteiger partial charge in [0.1, 0.15) is 0 Å². The molecule has 2 atom stereocenters. The van der Waals surface area contributed by atoms with Crippen LogP contribution >= 0.6 is 15.9 Å². The van der Waals surface area contributed by atoms with E-state index in [4.69, 9.17) is 10.5 Å². The Hall–Kier alpha value is -0.630. The van der Waals surface area contributed by atoms with Crippen LogP contribution in [0.3, 0.4) is 0 Å². The SMILES string of the molecule is Nc1ccc(S(=O)(=O)N2CCOC3CCCCC32)cc1Br. The topological polar surface area (TPSA) is 72.6 Å². The second-order valence-corrected chi connectivity index (χ2v) is 8.31. The summed E-state index contributed by atoms with van der Waals surface area (Å²) >= 11 is 3.30. The highest BCUT2D eigenvalue weighted by Crippen LogP contribution is 2.33. The van der Waals surface area contributed by atoms with Crippen molar-refractivity contribution in [2.45, 2.75) is 42.7 Å². The Bertz CT molecular complexity index is 633. The first kappa shape index (κ1) is 15.3. The van der Waals surface area contributed by atoms with Crippen molar-refractivity contribution in [1.29, 1.82) is 0 Å². The number of benzene rings is 1. The van der Waals surface area contributed by atoms with Crippen molar-refractivity contribution in [3.05, 3.63) is 22.7 Å². The molecule has 21 heavy (non-hydrogen) atoms. The normalized spacial score (nSPS) is 27.3. The molecule has 1 aliphatic carbocycles. The molecule has 2 unspecified atom stereocenters. The molecule has 1 aromatic carbocycles. The lowest BCUT2D eigenvalue weighted by atomic mass is 9.91. The van der Waals surface area contributed by atoms with Gasteiger partial charge >= 0.3 is 0 Å². The van der Waals surface area contributed by atoms with E-state index in [1.807, 2.05) is 0 Å². The standard InChI is InChI=1S/C14H19BrN2O3S/c15-11-9-10(5-6-12(11)16)21(18,19)17-7-8-20-14-4-2-1-3-13(14)17/h5-6,9,13-14H,1-4,7-8,16H2. The van der Waals surface area contributed by atoms with E-state index in [0.29, 0.717) is 23.3 Å². The third-order valence-electron chi connectivity index (χ3n) is 4.26. The van der Waals surface area contributed by atoms with Crippen LogP contribution in [0, 0.1) is 0 Å². The summed E-state index contributed by atoms with van der Waals surface area (Å²) in [5.41, 5.74) is 6.28. The van der Waals surface area contributed by atoms with Gasteiger partial charge in [0, 0.05) is 16.7 Å². The van der Waals surface area contributed by atoms with E-state index >= 15 is 0 Å². The summed E-state index contributed by atoms with van der Waals surface area (Å²) in [5.74, 6) is 0. The van der Waals surface area contributed by atoms with Crippen molar-refractivity contribution < 1.29 is 13.2 Å². The summed E-state index contributed by atoms with van der Waals surface area (Å²) in [4.78, 5) is 0.287. The van der Waals surface area contributed by atoms with Gasteiger partial charge in [0.2, 0.25) is 10.0 Å². The number of fused-ring (bicyclic) bond motifs is 1. The number of rotatable bonds is 2. The van der Waals surface area contributed by atoms with Gasteiger partial charge in [0.05, 0.1) is 23.6 Å². The highest BCUT2D eigenvalue weighted by atomic mass is 79.9. The fraction of sp³-hybridized carbons (Fsp3) is 0.571. The second-order valence-electron chi connectivity index (χ2n) is 5.56. The molecule has 1 aliphatic heterocycles. The van der Waals surface area contributed by atoms with Crippen molar-refractivity contribution in [1.82, 2.24) is 4.31 Å². The number of nitrogens with zero attached hydrogens (tertiary/aromatic N) is 1. The third kappa shape index (κ3) is 2.84. The van der Waals surface area contributed by atoms with Crippen LogP contribution in [0.15, 0.2) is 27.6 Å². The Morgan fingerprint density at radius 1 is 1.29 bits per heavy atom. The minimum absolute atomic E-state index is 0.0335. The van der Waals surface area contributed by atoms with E-state index in [2.05, 4.69) is 15.9 Å². The summed E-state index contributed by atoms with van der Waals surface area (Å²) in [6, 6.07) is 4.74. The molecule has 0 radical (unpaired) electrons. The van der Waals surface area contributed by atoms with Crippen molar-refractivity contribution in [3.8, 4) is 0 Å². The first-order valence-corrected chi connectivity index (χ1v) is 9.42. The van der Waals surface area contributed by atoms with Crippen LogP contribution in [0.1, 0.15) is 25.7 Å². The average Bonchev–Trinajstić information content (AvgIpc) is 2.49. The van der Waals surface area contributed by atoms with Crippen LogP contribution in [0.4, 0.5) is 5.69 Å². The molecule has 2 aliphatic rings. The number of hydrogen-bond donors (Lipinski definition) is 1. The highest BCUT2D eigenvalue weighted by Gasteiger charge is 2.40. The number of anilines is 1. The maximum atomic E-state index is 12.9. The van der Waals surface area contributed by atoms with Crippen molar-refractivity contribution in [2.75, 3.05) is 18.9 Å². The van der Waals surface area contributed by atoms with Gasteiger partial charge in [0.25, 0.3) is 0 Å². The van der Waals surface area contributed by atoms with Gasteiger partial charge in [-0.15, -0.1) is 0 Å². The number of nitrogens with two attached hydrogens (primary N) is 1. The molecular weight excluding hydrogens is 356 g/mol. The summed E-state index contributed by atoms with van der Waals surface area (Å²) in [7, 11) is -3.50. The van der Waals surface area contributed by atoms with Gasteiger partial charge in [-0.25, -0.2) is 8.42 Å². The highest BCUT2D eigenvalue weighted by molar-refractivity contribution is 9.10. The average molecular weight is 375 g/mol. The van der Waals surface area contributed by atoms with Crippen LogP contribution < -0.4 is 5.73 Å². The lowest BCUT2D eigenvalue weighted by molar-refractivity contribution is -0.0586. The van der Waals surface area contributed by atoms with E-state index in [1.165, 1.54) is 0 Å². The molecule has 1 aromatic rings. The monoisotopic (exact) mass is 374 g/mol. The number of sulfonamides is 1. The molecule has 116 valence electrons. The van der Waals surface area contributed by atoms with Crippen LogP contribution in [0.2, 0.25) is 0 Å². The molecule has 1 heterocycles. The summed E-state index contributed by atoms with van der Waals surface area (Å²) in [5, 5.41) is 0. The molecule has 0 bridgehead atoms. The summed E-state index contributed by atoms with van der Waals surface area (Å²) in [6.45, 7) is 0.891. The molecule has 5 nitrogen and oxygen atoms in total. The lowest BCUT2D eigenvalue weighted by Gasteiger charge is -2.42. The van der Waals surface area contributed by atoms with Gasteiger partial charge < -0.3 is 10.5 Å². The second kappa shape index (κ2) is 5.87. The molecule has 0 spiro atoms. The maximum absolute atomic E-state index is 12.9. The zero-order valence-corrected chi connectivity index (χ0v) is 14.1. The fourth-order valence-corrected chi connectivity index (χ4v) is 5.38. The van der Waals surface area contributed by atoms with E-state index in [9.17, 15) is 8.42 Å². The van der Waals surface area contributed by atoms with Crippen molar-refractivity contribution in [3.63, 3.8) is 0 Å². The predicted molar refractivity (Wildman–Crippen MR) is 84.4 cm³/mol. The maximum Gasteiger partial charge on any atom is 0.243 e. The first-order valence-electron chi connectivity index (χ1n) is 7.18. The summed E-state index contributed by atoms with van der Waals surface area (Å²) in [6.07, 6.45) is 4.03. The predicted octanol–water partition coefficient (Wildman–Crippen LogP) is 2.36. The van der Waals surface area contributed by atoms with Crippen LogP contribution in [0.5, 0.6) is 0 Å². The minimum atomic E-state index is -3.50. The minimum Gasteiger partial charge on any atom is -0.398 e. The largest absolute Gasteiger partial charge is 0.398 e. The molecule has 0 amide bonds. The van der Waals surface area contributed by atoms with Gasteiger partial charge in [0.15, 0.2) is 0 Å². The van der Waals surface area contributed by atoms with E-state index in [0.717, 1.165) is 25.7 Å². The van der Waals surface area contributed by atoms with Crippen LogP contribution in [-0.2, 0) is 14.8 Å². The van der Waals surface area contributed by atoms with Crippen LogP contribution in [-0.4, -0.2) is 38.0 Å². The number of morpholine rings is 1. The number of halogens is 1. The Kier molecular flexibility index (Phi) is 4.27. The first-order chi connectivity index (χ1) is 10.00. The number of hydrogen-bond acceptors (Lipinski definition) is 4. The Labute approximate surface area is 133 Å². The van der Waals surface area contributed by atoms with Gasteiger partial charge in [-0.1, -0.05) is 12.8 Å². The molecule has 0 aromatic heterocycles. The van der Waals surface area contributed by atoms with Crippen LogP contribution in [0.25, 0.3) is 0 Å². The molecular formula is C14H19BrN2O3S. The summed E-state index contributed by atoms with van der Waals surface area (Å²) < 4.78 is 33.8. The zero-order valence-electron chi connectivity index (χ0n) is 11.7. The van der Waals surface area contributed by atoms with Gasteiger partial charge in [-0.3, -0.25) is 0 Å². The van der Waals surface area contributed by atoms with E-state index in [1.54, 1.807) is 22.5 Å². The fourth-order valence-electron chi connectivity index (χ4n) is 3.16. The Balaban J connectivity index is 1.94. The quantitative estimate of drug-likeness (QED) is 0.806. The number of ether oxygens (including phenoxy) is 1. The molecule has 1 saturated heterocycles. The Morgan fingerprint density at radius 2 is 2.05 bits per heavy atom. The molecule has 2 fully saturated rings. The van der Waals surface area contributed by atoms with Crippen molar-refractivity contribution in [2.24, 2.45) is 0 Å². The molecule has 1 saturated carbocycles. The molecule has 7 heteroatoms. The molecule has 3 rings (SSSR count). The van der Waals surface area contributed by atoms with Crippen molar-refractivity contribution >= 4 is 31.6 Å². The van der Waals surface area contributed by atoms with Gasteiger partial charge in [-0.05, 0) is 47.0 Å². The number of nitrogen functional groups attached to an aromatic ring is 1. The molecule has 2 N–H and O–H groups in total. The van der Waals surface area contributed by atoms with Gasteiger partial charge in [-0.2, -0.15) is 4.31 Å². The lowest BCUT2D eigenvalue weighted by Crippen LogP contribution is -2.54. The smallest absolute Gasteiger partial charge is 0.243 e.